The molecule has 3 nitrogen and oxygen atoms in total. The number of hydrogen-bond donors (Lipinski definition) is 0. The van der Waals surface area contributed by atoms with Crippen LogP contribution in [0.25, 0.3) is 11.1 Å². The molecule has 0 amide bonds. The van der Waals surface area contributed by atoms with Crippen molar-refractivity contribution in [1.82, 2.24) is 0 Å². The van der Waals surface area contributed by atoms with E-state index in [1.807, 2.05) is 12.1 Å². The van der Waals surface area contributed by atoms with Crippen LogP contribution in [0.3, 0.4) is 0 Å². The Bertz CT molecular complexity index is 798. The molecule has 130 valence electrons. The molecule has 1 unspecified atom stereocenters. The van der Waals surface area contributed by atoms with Crippen LogP contribution >= 0.6 is 15.9 Å². The third kappa shape index (κ3) is 5.64. The Labute approximate surface area is 153 Å². The van der Waals surface area contributed by atoms with Crippen molar-refractivity contribution in [1.29, 1.82) is 0 Å². The van der Waals surface area contributed by atoms with Crippen LogP contribution < -0.4 is 4.74 Å². The summed E-state index contributed by atoms with van der Waals surface area (Å²) in [5.41, 5.74) is 4.73. The van der Waals surface area contributed by atoms with Gasteiger partial charge in [-0.15, -0.1) is 0 Å². The minimum Gasteiger partial charge on any atom is -0.494 e. The summed E-state index contributed by atoms with van der Waals surface area (Å²) in [6, 6.07) is 14.5. The average molecular weight is 411 g/mol. The second-order valence-electron chi connectivity index (χ2n) is 6.05. The summed E-state index contributed by atoms with van der Waals surface area (Å²) < 4.78 is 27.9. The Morgan fingerprint density at radius 1 is 1.17 bits per heavy atom. The molecule has 0 heterocycles. The lowest BCUT2D eigenvalue weighted by molar-refractivity contribution is 0.317. The lowest BCUT2D eigenvalue weighted by atomic mass is 9.98. The smallest absolute Gasteiger partial charge is 0.147 e. The molecule has 1 atom stereocenters. The molecule has 0 saturated heterocycles. The fourth-order valence-corrected chi connectivity index (χ4v) is 3.44. The van der Waals surface area contributed by atoms with Gasteiger partial charge < -0.3 is 4.74 Å². The maximum absolute atomic E-state index is 11.1. The van der Waals surface area contributed by atoms with Crippen molar-refractivity contribution in [2.24, 2.45) is 0 Å². The molecular formula is C19H23BrO3S. The number of halogens is 1. The van der Waals surface area contributed by atoms with E-state index in [0.29, 0.717) is 17.9 Å². The van der Waals surface area contributed by atoms with Gasteiger partial charge in [0.05, 0.1) is 12.4 Å². The van der Waals surface area contributed by atoms with Gasteiger partial charge in [0.15, 0.2) is 0 Å². The van der Waals surface area contributed by atoms with E-state index in [0.717, 1.165) is 11.3 Å². The van der Waals surface area contributed by atoms with E-state index in [1.54, 1.807) is 0 Å². The highest BCUT2D eigenvalue weighted by Gasteiger charge is 2.07. The summed E-state index contributed by atoms with van der Waals surface area (Å²) in [6.07, 6.45) is 1.75. The Balaban J connectivity index is 2.08. The third-order valence-electron chi connectivity index (χ3n) is 3.78. The summed E-state index contributed by atoms with van der Waals surface area (Å²) >= 11 is 3.61. The van der Waals surface area contributed by atoms with E-state index in [-0.39, 0.29) is 5.75 Å². The summed E-state index contributed by atoms with van der Waals surface area (Å²) in [5, 5.41) is 0. The van der Waals surface area contributed by atoms with Crippen molar-refractivity contribution >= 4 is 25.8 Å². The van der Waals surface area contributed by atoms with Crippen LogP contribution in [0.5, 0.6) is 5.75 Å². The van der Waals surface area contributed by atoms with E-state index in [2.05, 4.69) is 60.1 Å². The van der Waals surface area contributed by atoms with Crippen LogP contribution in [-0.4, -0.2) is 27.0 Å². The van der Waals surface area contributed by atoms with Crippen LogP contribution in [0.1, 0.15) is 29.3 Å². The molecule has 0 N–H and O–H groups in total. The van der Waals surface area contributed by atoms with E-state index in [9.17, 15) is 8.42 Å². The molecule has 2 rings (SSSR count). The Morgan fingerprint density at radius 3 is 2.54 bits per heavy atom. The number of alkyl halides is 1. The normalized spacial score (nSPS) is 12.8. The summed E-state index contributed by atoms with van der Waals surface area (Å²) in [7, 11) is -2.92. The molecule has 0 saturated carbocycles. The SMILES string of the molecule is Cc1cc(OCCCS(C)(=O)=O)ccc1-c1cccc(C(C)Br)c1. The lowest BCUT2D eigenvalue weighted by Crippen LogP contribution is -2.08. The number of rotatable bonds is 7. The van der Waals surface area contributed by atoms with Crippen LogP contribution in [0.2, 0.25) is 0 Å². The molecule has 0 aliphatic heterocycles. The fraction of sp³-hybridized carbons (Fsp3) is 0.368. The van der Waals surface area contributed by atoms with E-state index in [4.69, 9.17) is 4.74 Å². The fourth-order valence-electron chi connectivity index (χ4n) is 2.51. The van der Waals surface area contributed by atoms with Gasteiger partial charge in [0, 0.05) is 11.1 Å². The molecule has 0 aliphatic rings. The molecule has 0 radical (unpaired) electrons. The van der Waals surface area contributed by atoms with Gasteiger partial charge >= 0.3 is 0 Å². The molecule has 0 aliphatic carbocycles. The molecule has 2 aromatic carbocycles. The van der Waals surface area contributed by atoms with Gasteiger partial charge in [-0.2, -0.15) is 0 Å². The molecule has 0 bridgehead atoms. The number of sulfone groups is 1. The first-order chi connectivity index (χ1) is 11.3. The van der Waals surface area contributed by atoms with Gasteiger partial charge in [-0.05, 0) is 54.7 Å². The van der Waals surface area contributed by atoms with Crippen molar-refractivity contribution in [2.45, 2.75) is 25.1 Å². The second-order valence-corrected chi connectivity index (χ2v) is 9.68. The number of hydrogen-bond acceptors (Lipinski definition) is 3. The highest BCUT2D eigenvalue weighted by atomic mass is 79.9. The largest absolute Gasteiger partial charge is 0.494 e. The zero-order valence-corrected chi connectivity index (χ0v) is 16.7. The first-order valence-electron chi connectivity index (χ1n) is 7.92. The third-order valence-corrected chi connectivity index (χ3v) is 5.34. The molecule has 0 fully saturated rings. The number of ether oxygens (including phenoxy) is 1. The standard InChI is InChI=1S/C19H23BrO3S/c1-14-12-18(23-10-5-11-24(3,21)22)8-9-19(14)17-7-4-6-16(13-17)15(2)20/h4,6-9,12-13,15H,5,10-11H2,1-3H3. The predicted octanol–water partition coefficient (Wildman–Crippen LogP) is 4.93. The summed E-state index contributed by atoms with van der Waals surface area (Å²) in [5.74, 6) is 0.927. The monoisotopic (exact) mass is 410 g/mol. The van der Waals surface area contributed by atoms with E-state index < -0.39 is 9.84 Å². The number of benzene rings is 2. The van der Waals surface area contributed by atoms with Gasteiger partial charge in [-0.3, -0.25) is 0 Å². The molecule has 0 aromatic heterocycles. The van der Waals surface area contributed by atoms with Gasteiger partial charge in [-0.25, -0.2) is 8.42 Å². The van der Waals surface area contributed by atoms with Crippen molar-refractivity contribution in [3.8, 4) is 16.9 Å². The highest BCUT2D eigenvalue weighted by Crippen LogP contribution is 2.30. The minimum absolute atomic E-state index is 0.154. The predicted molar refractivity (Wildman–Crippen MR) is 104 cm³/mol. The highest BCUT2D eigenvalue weighted by molar-refractivity contribution is 9.09. The lowest BCUT2D eigenvalue weighted by Gasteiger charge is -2.12. The van der Waals surface area contributed by atoms with Crippen LogP contribution in [0, 0.1) is 6.92 Å². The van der Waals surface area contributed by atoms with Gasteiger partial charge in [0.1, 0.15) is 15.6 Å². The Morgan fingerprint density at radius 2 is 1.92 bits per heavy atom. The van der Waals surface area contributed by atoms with Crippen LogP contribution in [0.15, 0.2) is 42.5 Å². The number of aryl methyl sites for hydroxylation is 1. The first kappa shape index (κ1) is 19.0. The second kappa shape index (κ2) is 8.17. The first-order valence-corrected chi connectivity index (χ1v) is 10.9. The molecule has 2 aromatic rings. The van der Waals surface area contributed by atoms with Crippen LogP contribution in [0.4, 0.5) is 0 Å². The maximum Gasteiger partial charge on any atom is 0.147 e. The van der Waals surface area contributed by atoms with Gasteiger partial charge in [-0.1, -0.05) is 46.3 Å². The summed E-state index contributed by atoms with van der Waals surface area (Å²) in [6.45, 7) is 4.57. The topological polar surface area (TPSA) is 43.4 Å². The summed E-state index contributed by atoms with van der Waals surface area (Å²) in [4.78, 5) is 0.315. The molecule has 5 heteroatoms. The van der Waals surface area contributed by atoms with Gasteiger partial charge in [0.2, 0.25) is 0 Å². The minimum atomic E-state index is -2.92. The zero-order chi connectivity index (χ0) is 17.7. The average Bonchev–Trinajstić information content (AvgIpc) is 2.51. The van der Waals surface area contributed by atoms with Crippen molar-refractivity contribution in [2.75, 3.05) is 18.6 Å². The quantitative estimate of drug-likeness (QED) is 0.479. The zero-order valence-electron chi connectivity index (χ0n) is 14.3. The van der Waals surface area contributed by atoms with Crippen molar-refractivity contribution < 1.29 is 13.2 Å². The van der Waals surface area contributed by atoms with E-state index in [1.165, 1.54) is 22.9 Å². The van der Waals surface area contributed by atoms with Gasteiger partial charge in [0.25, 0.3) is 0 Å². The Kier molecular flexibility index (Phi) is 6.47. The molecule has 0 spiro atoms. The van der Waals surface area contributed by atoms with Crippen molar-refractivity contribution in [3.63, 3.8) is 0 Å². The maximum atomic E-state index is 11.1. The van der Waals surface area contributed by atoms with E-state index >= 15 is 0 Å². The Hall–Kier alpha value is -1.33. The molecular weight excluding hydrogens is 388 g/mol. The van der Waals surface area contributed by atoms with Crippen LogP contribution in [-0.2, 0) is 9.84 Å². The molecule has 24 heavy (non-hydrogen) atoms. The van der Waals surface area contributed by atoms with Crippen molar-refractivity contribution in [3.05, 3.63) is 53.6 Å².